The number of anilines is 3. The van der Waals surface area contributed by atoms with Crippen molar-refractivity contribution in [2.24, 2.45) is 0 Å². The Balaban J connectivity index is 1.90. The quantitative estimate of drug-likeness (QED) is 0.784. The van der Waals surface area contributed by atoms with Crippen molar-refractivity contribution in [3.63, 3.8) is 0 Å². The van der Waals surface area contributed by atoms with Gasteiger partial charge in [-0.25, -0.2) is 9.97 Å². The Kier molecular flexibility index (Phi) is 5.89. The monoisotopic (exact) mass is 342 g/mol. The summed E-state index contributed by atoms with van der Waals surface area (Å²) in [5.74, 6) is 0.0984. The predicted molar refractivity (Wildman–Crippen MR) is 97.6 cm³/mol. The molecule has 0 radical (unpaired) electrons. The van der Waals surface area contributed by atoms with Gasteiger partial charge in [-0.1, -0.05) is 0 Å². The normalized spacial score (nSPS) is 10.1. The molecule has 25 heavy (non-hydrogen) atoms. The number of rotatable bonds is 5. The number of nitrogens with zero attached hydrogens (tertiary/aromatic N) is 4. The molecule has 0 aliphatic carbocycles. The van der Waals surface area contributed by atoms with Crippen LogP contribution in [0.4, 0.5) is 17.3 Å². The van der Waals surface area contributed by atoms with Crippen LogP contribution in [0.1, 0.15) is 5.56 Å². The lowest BCUT2D eigenvalue weighted by molar-refractivity contribution is -0.136. The number of hydrogen-bond acceptors (Lipinski definition) is 6. The number of aromatic nitrogens is 2. The van der Waals surface area contributed by atoms with Crippen molar-refractivity contribution in [1.29, 1.82) is 0 Å². The highest BCUT2D eigenvalue weighted by molar-refractivity contribution is 6.39. The van der Waals surface area contributed by atoms with Crippen LogP contribution in [0.3, 0.4) is 0 Å². The lowest BCUT2D eigenvalue weighted by Crippen LogP contribution is -2.35. The van der Waals surface area contributed by atoms with Gasteiger partial charge in [0.2, 0.25) is 0 Å². The fourth-order valence-corrected chi connectivity index (χ4v) is 1.99. The van der Waals surface area contributed by atoms with E-state index in [0.29, 0.717) is 5.69 Å². The van der Waals surface area contributed by atoms with Gasteiger partial charge in [-0.3, -0.25) is 9.59 Å². The predicted octanol–water partition coefficient (Wildman–Crippen LogP) is 0.863. The first kappa shape index (κ1) is 18.2. The summed E-state index contributed by atoms with van der Waals surface area (Å²) in [7, 11) is 7.51. The SMILES string of the molecule is CN(C)c1ccc(NC(=O)C(=O)NCc2ccnc(N(C)C)c2)cn1. The van der Waals surface area contributed by atoms with E-state index >= 15 is 0 Å². The first-order chi connectivity index (χ1) is 11.9. The standard InChI is InChI=1S/C17H22N6O2/c1-22(2)14-6-5-13(11-19-14)21-17(25)16(24)20-10-12-7-8-18-15(9-12)23(3)4/h5-9,11H,10H2,1-4H3,(H,20,24)(H,21,25). The smallest absolute Gasteiger partial charge is 0.313 e. The fourth-order valence-electron chi connectivity index (χ4n) is 1.99. The van der Waals surface area contributed by atoms with Crippen molar-refractivity contribution in [3.8, 4) is 0 Å². The molecule has 0 saturated carbocycles. The summed E-state index contributed by atoms with van der Waals surface area (Å²) < 4.78 is 0. The zero-order chi connectivity index (χ0) is 18.4. The van der Waals surface area contributed by atoms with E-state index < -0.39 is 11.8 Å². The van der Waals surface area contributed by atoms with Crippen molar-refractivity contribution < 1.29 is 9.59 Å². The Hall–Kier alpha value is -3.16. The van der Waals surface area contributed by atoms with Crippen molar-refractivity contribution in [2.45, 2.75) is 6.54 Å². The number of nitrogens with one attached hydrogen (secondary N) is 2. The van der Waals surface area contributed by atoms with Crippen molar-refractivity contribution in [1.82, 2.24) is 15.3 Å². The molecule has 2 aromatic rings. The van der Waals surface area contributed by atoms with E-state index in [-0.39, 0.29) is 6.54 Å². The largest absolute Gasteiger partial charge is 0.363 e. The van der Waals surface area contributed by atoms with Gasteiger partial charge in [0, 0.05) is 40.9 Å². The van der Waals surface area contributed by atoms with E-state index in [1.807, 2.05) is 44.1 Å². The molecule has 2 rings (SSSR count). The molecule has 132 valence electrons. The minimum absolute atomic E-state index is 0.243. The molecule has 0 fully saturated rings. The summed E-state index contributed by atoms with van der Waals surface area (Å²) in [4.78, 5) is 36.0. The van der Waals surface area contributed by atoms with Gasteiger partial charge < -0.3 is 20.4 Å². The molecule has 0 saturated heterocycles. The number of amides is 2. The summed E-state index contributed by atoms with van der Waals surface area (Å²) in [6, 6.07) is 7.09. The molecule has 0 unspecified atom stereocenters. The topological polar surface area (TPSA) is 90.5 Å². The Bertz CT molecular complexity index is 743. The summed E-state index contributed by atoms with van der Waals surface area (Å²) in [5, 5.41) is 5.11. The molecule has 0 atom stereocenters. The van der Waals surface area contributed by atoms with E-state index in [9.17, 15) is 9.59 Å². The molecule has 2 N–H and O–H groups in total. The van der Waals surface area contributed by atoms with Crippen LogP contribution >= 0.6 is 0 Å². The highest BCUT2D eigenvalue weighted by Crippen LogP contribution is 2.12. The molecule has 2 amide bonds. The molecule has 0 bridgehead atoms. The maximum absolute atomic E-state index is 11.9. The maximum Gasteiger partial charge on any atom is 0.313 e. The lowest BCUT2D eigenvalue weighted by atomic mass is 10.2. The molecule has 0 aliphatic heterocycles. The lowest BCUT2D eigenvalue weighted by Gasteiger charge is -2.13. The Labute approximate surface area is 146 Å². The van der Waals surface area contributed by atoms with Crippen molar-refractivity contribution in [3.05, 3.63) is 42.2 Å². The van der Waals surface area contributed by atoms with E-state index in [1.165, 1.54) is 6.20 Å². The number of pyridine rings is 2. The molecule has 2 heterocycles. The highest BCUT2D eigenvalue weighted by Gasteiger charge is 2.14. The van der Waals surface area contributed by atoms with Crippen LogP contribution in [0, 0.1) is 0 Å². The van der Waals surface area contributed by atoms with Gasteiger partial charge >= 0.3 is 11.8 Å². The average molecular weight is 342 g/mol. The zero-order valence-electron chi connectivity index (χ0n) is 14.8. The summed E-state index contributed by atoms with van der Waals surface area (Å²) >= 11 is 0. The van der Waals surface area contributed by atoms with E-state index in [1.54, 1.807) is 24.4 Å². The van der Waals surface area contributed by atoms with Crippen LogP contribution in [0.2, 0.25) is 0 Å². The highest BCUT2D eigenvalue weighted by atomic mass is 16.2. The first-order valence-corrected chi connectivity index (χ1v) is 7.71. The Morgan fingerprint density at radius 3 is 2.28 bits per heavy atom. The van der Waals surface area contributed by atoms with Crippen LogP contribution in [0.15, 0.2) is 36.7 Å². The van der Waals surface area contributed by atoms with Gasteiger partial charge in [-0.15, -0.1) is 0 Å². The third-order valence-corrected chi connectivity index (χ3v) is 3.39. The van der Waals surface area contributed by atoms with Crippen molar-refractivity contribution >= 4 is 29.1 Å². The number of hydrogen-bond donors (Lipinski definition) is 2. The van der Waals surface area contributed by atoms with Gasteiger partial charge in [0.05, 0.1) is 11.9 Å². The second kappa shape index (κ2) is 8.09. The average Bonchev–Trinajstić information content (AvgIpc) is 2.60. The van der Waals surface area contributed by atoms with Gasteiger partial charge in [0.15, 0.2) is 0 Å². The van der Waals surface area contributed by atoms with Crippen LogP contribution in [0.25, 0.3) is 0 Å². The van der Waals surface area contributed by atoms with Crippen molar-refractivity contribution in [2.75, 3.05) is 43.3 Å². The Morgan fingerprint density at radius 2 is 1.68 bits per heavy atom. The zero-order valence-corrected chi connectivity index (χ0v) is 14.8. The van der Waals surface area contributed by atoms with Gasteiger partial charge in [-0.05, 0) is 29.8 Å². The summed E-state index contributed by atoms with van der Waals surface area (Å²) in [5.41, 5.74) is 1.32. The molecule has 0 aromatic carbocycles. The summed E-state index contributed by atoms with van der Waals surface area (Å²) in [6.45, 7) is 0.243. The third kappa shape index (κ3) is 5.17. The fraction of sp³-hybridized carbons (Fsp3) is 0.294. The molecule has 8 heteroatoms. The van der Waals surface area contributed by atoms with Gasteiger partial charge in [0.1, 0.15) is 11.6 Å². The minimum atomic E-state index is -0.735. The Morgan fingerprint density at radius 1 is 0.960 bits per heavy atom. The van der Waals surface area contributed by atoms with Crippen LogP contribution in [-0.4, -0.2) is 50.0 Å². The third-order valence-electron chi connectivity index (χ3n) is 3.39. The number of carbonyl (C=O) groups excluding carboxylic acids is 2. The van der Waals surface area contributed by atoms with Crippen LogP contribution in [-0.2, 0) is 16.1 Å². The first-order valence-electron chi connectivity index (χ1n) is 7.71. The second-order valence-electron chi connectivity index (χ2n) is 5.85. The molecular formula is C17H22N6O2. The second-order valence-corrected chi connectivity index (χ2v) is 5.85. The summed E-state index contributed by atoms with van der Waals surface area (Å²) in [6.07, 6.45) is 3.17. The van der Waals surface area contributed by atoms with Gasteiger partial charge in [-0.2, -0.15) is 0 Å². The van der Waals surface area contributed by atoms with Gasteiger partial charge in [0.25, 0.3) is 0 Å². The van der Waals surface area contributed by atoms with Crippen LogP contribution < -0.4 is 20.4 Å². The van der Waals surface area contributed by atoms with E-state index in [2.05, 4.69) is 20.6 Å². The number of carbonyl (C=O) groups is 2. The molecule has 0 spiro atoms. The van der Waals surface area contributed by atoms with E-state index in [0.717, 1.165) is 17.2 Å². The molecule has 0 aliphatic rings. The van der Waals surface area contributed by atoms with E-state index in [4.69, 9.17) is 0 Å². The minimum Gasteiger partial charge on any atom is -0.363 e. The molecule has 2 aromatic heterocycles. The maximum atomic E-state index is 11.9. The molecular weight excluding hydrogens is 320 g/mol. The molecule has 8 nitrogen and oxygen atoms in total. The van der Waals surface area contributed by atoms with Crippen LogP contribution in [0.5, 0.6) is 0 Å².